The maximum atomic E-state index is 11.4. The summed E-state index contributed by atoms with van der Waals surface area (Å²) >= 11 is 0. The number of amides is 2. The summed E-state index contributed by atoms with van der Waals surface area (Å²) in [5, 5.41) is 5.80. The molecular formula is C15H24N4O3. The van der Waals surface area contributed by atoms with Crippen molar-refractivity contribution in [1.82, 2.24) is 5.32 Å². The molecule has 0 saturated heterocycles. The van der Waals surface area contributed by atoms with E-state index in [2.05, 4.69) is 10.6 Å². The highest BCUT2D eigenvalue weighted by molar-refractivity contribution is 5.94. The van der Waals surface area contributed by atoms with Crippen molar-refractivity contribution in [3.63, 3.8) is 0 Å². The Morgan fingerprint density at radius 3 is 2.45 bits per heavy atom. The molecular weight excluding hydrogens is 284 g/mol. The van der Waals surface area contributed by atoms with Gasteiger partial charge in [0.2, 0.25) is 5.91 Å². The minimum absolute atomic E-state index is 0.370. The van der Waals surface area contributed by atoms with Crippen LogP contribution in [0.3, 0.4) is 0 Å². The number of nitrogen functional groups attached to an aromatic ring is 1. The summed E-state index contributed by atoms with van der Waals surface area (Å²) in [4.78, 5) is 22.5. The molecule has 2 amide bonds. The summed E-state index contributed by atoms with van der Waals surface area (Å²) in [5.74, 6) is -0.514. The molecule has 0 saturated carbocycles. The average molecular weight is 308 g/mol. The highest BCUT2D eigenvalue weighted by atomic mass is 16.6. The Hall–Kier alpha value is -2.44. The minimum Gasteiger partial charge on any atom is -0.444 e. The van der Waals surface area contributed by atoms with Gasteiger partial charge in [0.1, 0.15) is 5.60 Å². The van der Waals surface area contributed by atoms with Gasteiger partial charge in [-0.15, -0.1) is 0 Å². The first kappa shape index (κ1) is 17.6. The number of alkyl carbamates (subject to hydrolysis) is 1. The Labute approximate surface area is 130 Å². The van der Waals surface area contributed by atoms with Crippen LogP contribution in [-0.2, 0) is 4.74 Å². The third-order valence-electron chi connectivity index (χ3n) is 2.67. The van der Waals surface area contributed by atoms with Crippen LogP contribution in [-0.4, -0.2) is 30.7 Å². The third-order valence-corrected chi connectivity index (χ3v) is 2.67. The van der Waals surface area contributed by atoms with Gasteiger partial charge >= 0.3 is 6.09 Å². The first-order valence-electron chi connectivity index (χ1n) is 7.09. The van der Waals surface area contributed by atoms with Gasteiger partial charge in [-0.1, -0.05) is 0 Å². The highest BCUT2D eigenvalue weighted by Gasteiger charge is 2.15. The van der Waals surface area contributed by atoms with Crippen molar-refractivity contribution in [2.24, 2.45) is 5.73 Å². The molecule has 22 heavy (non-hydrogen) atoms. The standard InChI is InChI=1S/C15H24N4O3/c1-15(2,3)22-14(21)19-8-4-7-18-12-6-5-10(13(17)20)9-11(12)16/h5-6,9,18H,4,7-8,16H2,1-3H3,(H2,17,20)(H,19,21). The predicted octanol–water partition coefficient (Wildman–Crippen LogP) is 1.69. The summed E-state index contributed by atoms with van der Waals surface area (Å²) in [6, 6.07) is 4.85. The highest BCUT2D eigenvalue weighted by Crippen LogP contribution is 2.19. The van der Waals surface area contributed by atoms with E-state index < -0.39 is 17.6 Å². The zero-order valence-electron chi connectivity index (χ0n) is 13.2. The van der Waals surface area contributed by atoms with E-state index in [0.717, 1.165) is 5.69 Å². The van der Waals surface area contributed by atoms with Gasteiger partial charge in [0.05, 0.1) is 11.4 Å². The van der Waals surface area contributed by atoms with Gasteiger partial charge in [-0.2, -0.15) is 0 Å². The van der Waals surface area contributed by atoms with Crippen LogP contribution in [0.15, 0.2) is 18.2 Å². The molecule has 0 fully saturated rings. The molecule has 1 aromatic rings. The first-order valence-corrected chi connectivity index (χ1v) is 7.09. The molecule has 1 aromatic carbocycles. The molecule has 0 aliphatic heterocycles. The molecule has 0 heterocycles. The van der Waals surface area contributed by atoms with Gasteiger partial charge in [-0.3, -0.25) is 4.79 Å². The van der Waals surface area contributed by atoms with E-state index in [9.17, 15) is 9.59 Å². The normalized spacial score (nSPS) is 10.9. The van der Waals surface area contributed by atoms with Gasteiger partial charge < -0.3 is 26.8 Å². The number of rotatable bonds is 6. The molecule has 0 spiro atoms. The Morgan fingerprint density at radius 2 is 1.91 bits per heavy atom. The molecule has 0 radical (unpaired) electrons. The summed E-state index contributed by atoms with van der Waals surface area (Å²) < 4.78 is 5.12. The second-order valence-corrected chi connectivity index (χ2v) is 5.88. The summed E-state index contributed by atoms with van der Waals surface area (Å²) in [6.45, 7) is 6.54. The Bertz CT molecular complexity index is 538. The topological polar surface area (TPSA) is 119 Å². The van der Waals surface area contributed by atoms with Gasteiger partial charge in [0, 0.05) is 18.7 Å². The number of anilines is 2. The van der Waals surface area contributed by atoms with Crippen LogP contribution in [0.4, 0.5) is 16.2 Å². The van der Waals surface area contributed by atoms with Crippen molar-refractivity contribution < 1.29 is 14.3 Å². The molecule has 0 aromatic heterocycles. The van der Waals surface area contributed by atoms with E-state index in [1.807, 2.05) is 20.8 Å². The molecule has 0 atom stereocenters. The zero-order valence-corrected chi connectivity index (χ0v) is 13.2. The van der Waals surface area contributed by atoms with E-state index in [-0.39, 0.29) is 0 Å². The van der Waals surface area contributed by atoms with E-state index in [1.54, 1.807) is 12.1 Å². The lowest BCUT2D eigenvalue weighted by molar-refractivity contribution is 0.0527. The molecule has 0 aliphatic carbocycles. The monoisotopic (exact) mass is 308 g/mol. The van der Waals surface area contributed by atoms with Gasteiger partial charge in [-0.05, 0) is 45.4 Å². The predicted molar refractivity (Wildman–Crippen MR) is 86.7 cm³/mol. The van der Waals surface area contributed by atoms with Crippen LogP contribution >= 0.6 is 0 Å². The van der Waals surface area contributed by atoms with Crippen molar-refractivity contribution in [3.8, 4) is 0 Å². The molecule has 7 heteroatoms. The fraction of sp³-hybridized carbons (Fsp3) is 0.467. The number of nitrogens with two attached hydrogens (primary N) is 2. The Kier molecular flexibility index (Phi) is 6.03. The minimum atomic E-state index is -0.514. The number of hydrogen-bond acceptors (Lipinski definition) is 5. The molecule has 7 nitrogen and oxygen atoms in total. The smallest absolute Gasteiger partial charge is 0.407 e. The van der Waals surface area contributed by atoms with Gasteiger partial charge in [0.15, 0.2) is 0 Å². The lowest BCUT2D eigenvalue weighted by Gasteiger charge is -2.19. The van der Waals surface area contributed by atoms with Crippen molar-refractivity contribution in [1.29, 1.82) is 0 Å². The number of nitrogens with one attached hydrogen (secondary N) is 2. The summed E-state index contributed by atoms with van der Waals surface area (Å²) in [7, 11) is 0. The van der Waals surface area contributed by atoms with Crippen LogP contribution in [0.5, 0.6) is 0 Å². The van der Waals surface area contributed by atoms with Crippen molar-refractivity contribution >= 4 is 23.4 Å². The third kappa shape index (κ3) is 6.34. The van der Waals surface area contributed by atoms with Crippen molar-refractivity contribution in [3.05, 3.63) is 23.8 Å². The Balaban J connectivity index is 2.31. The fourth-order valence-electron chi connectivity index (χ4n) is 1.69. The molecule has 6 N–H and O–H groups in total. The van der Waals surface area contributed by atoms with Gasteiger partial charge in [-0.25, -0.2) is 4.79 Å². The number of ether oxygens (including phenoxy) is 1. The van der Waals surface area contributed by atoms with Gasteiger partial charge in [0.25, 0.3) is 0 Å². The Morgan fingerprint density at radius 1 is 1.23 bits per heavy atom. The maximum absolute atomic E-state index is 11.4. The number of benzene rings is 1. The van der Waals surface area contributed by atoms with Crippen LogP contribution in [0, 0.1) is 0 Å². The first-order chi connectivity index (χ1) is 10.2. The van der Waals surface area contributed by atoms with E-state index in [0.29, 0.717) is 30.8 Å². The molecule has 1 rings (SSSR count). The van der Waals surface area contributed by atoms with Crippen LogP contribution in [0.2, 0.25) is 0 Å². The molecule has 0 aliphatic rings. The van der Waals surface area contributed by atoms with Crippen molar-refractivity contribution in [2.45, 2.75) is 32.8 Å². The van der Waals surface area contributed by atoms with Crippen molar-refractivity contribution in [2.75, 3.05) is 24.1 Å². The SMILES string of the molecule is CC(C)(C)OC(=O)NCCCNc1ccc(C(N)=O)cc1N. The second-order valence-electron chi connectivity index (χ2n) is 5.88. The van der Waals surface area contributed by atoms with E-state index in [1.165, 1.54) is 6.07 Å². The van der Waals surface area contributed by atoms with Crippen LogP contribution in [0.1, 0.15) is 37.6 Å². The van der Waals surface area contributed by atoms with Crippen LogP contribution < -0.4 is 22.1 Å². The lowest BCUT2D eigenvalue weighted by Crippen LogP contribution is -2.33. The van der Waals surface area contributed by atoms with E-state index in [4.69, 9.17) is 16.2 Å². The molecule has 122 valence electrons. The van der Waals surface area contributed by atoms with E-state index >= 15 is 0 Å². The number of carbonyl (C=O) groups excluding carboxylic acids is 2. The summed E-state index contributed by atoms with van der Waals surface area (Å²) in [6.07, 6.45) is 0.272. The second kappa shape index (κ2) is 7.53. The zero-order chi connectivity index (χ0) is 16.8. The molecule has 0 unspecified atom stereocenters. The maximum Gasteiger partial charge on any atom is 0.407 e. The number of carbonyl (C=O) groups is 2. The quantitative estimate of drug-likeness (QED) is 0.471. The number of hydrogen-bond donors (Lipinski definition) is 4. The van der Waals surface area contributed by atoms with Crippen LogP contribution in [0.25, 0.3) is 0 Å². The lowest BCUT2D eigenvalue weighted by atomic mass is 10.1. The number of primary amides is 1. The largest absolute Gasteiger partial charge is 0.444 e. The molecule has 0 bridgehead atoms. The fourth-order valence-corrected chi connectivity index (χ4v) is 1.69. The summed E-state index contributed by atoms with van der Waals surface area (Å²) in [5.41, 5.74) is 12.1. The average Bonchev–Trinajstić information content (AvgIpc) is 2.37.